The Morgan fingerprint density at radius 1 is 1.22 bits per heavy atom. The van der Waals surface area contributed by atoms with E-state index in [1.54, 1.807) is 14.0 Å². The van der Waals surface area contributed by atoms with Crippen molar-refractivity contribution in [3.05, 3.63) is 41.1 Å². The van der Waals surface area contributed by atoms with Crippen molar-refractivity contribution in [3.63, 3.8) is 0 Å². The summed E-state index contributed by atoms with van der Waals surface area (Å²) in [5.74, 6) is -0.161. The van der Waals surface area contributed by atoms with E-state index < -0.39 is 5.41 Å². The first-order valence-electron chi connectivity index (χ1n) is 7.65. The van der Waals surface area contributed by atoms with Gasteiger partial charge in [-0.3, -0.25) is 9.78 Å². The zero-order valence-electron chi connectivity index (χ0n) is 14.1. The van der Waals surface area contributed by atoms with Crippen LogP contribution in [0.3, 0.4) is 0 Å². The van der Waals surface area contributed by atoms with Crippen molar-refractivity contribution in [2.24, 2.45) is 5.41 Å². The van der Waals surface area contributed by atoms with E-state index >= 15 is 0 Å². The second-order valence-corrected chi connectivity index (χ2v) is 6.61. The Morgan fingerprint density at radius 2 is 1.87 bits per heavy atom. The molecule has 2 N–H and O–H groups in total. The summed E-state index contributed by atoms with van der Waals surface area (Å²) < 4.78 is 0. The lowest BCUT2D eigenvalue weighted by molar-refractivity contribution is 0.0366. The standard InChI is InChI=1S/C18H24N2O3/c1-12-5-6-14-8-15(13(2)19-16(14)7-12)17(23)20(4)9-18(3,10-21)11-22/h5-8,21-22H,9-11H2,1-4H3. The van der Waals surface area contributed by atoms with Gasteiger partial charge in [-0.15, -0.1) is 0 Å². The first-order chi connectivity index (χ1) is 10.8. The van der Waals surface area contributed by atoms with Crippen LogP contribution in [0.2, 0.25) is 0 Å². The Kier molecular flexibility index (Phi) is 5.02. The summed E-state index contributed by atoms with van der Waals surface area (Å²) in [6.45, 7) is 5.47. The highest BCUT2D eigenvalue weighted by atomic mass is 16.3. The first-order valence-corrected chi connectivity index (χ1v) is 7.65. The van der Waals surface area contributed by atoms with Gasteiger partial charge in [0.15, 0.2) is 0 Å². The minimum absolute atomic E-state index is 0.161. The molecule has 0 aliphatic carbocycles. The molecule has 0 saturated carbocycles. The van der Waals surface area contributed by atoms with Gasteiger partial charge in [-0.2, -0.15) is 0 Å². The van der Waals surface area contributed by atoms with E-state index in [2.05, 4.69) is 4.98 Å². The number of pyridine rings is 1. The molecule has 0 bridgehead atoms. The zero-order chi connectivity index (χ0) is 17.2. The molecule has 5 heteroatoms. The molecule has 1 aromatic heterocycles. The van der Waals surface area contributed by atoms with Crippen LogP contribution in [0, 0.1) is 19.3 Å². The molecule has 0 aliphatic heterocycles. The van der Waals surface area contributed by atoms with Crippen LogP contribution in [0.25, 0.3) is 10.9 Å². The van der Waals surface area contributed by atoms with Gasteiger partial charge in [-0.25, -0.2) is 0 Å². The Labute approximate surface area is 136 Å². The molecule has 1 aromatic carbocycles. The fraction of sp³-hybridized carbons (Fsp3) is 0.444. The van der Waals surface area contributed by atoms with Crippen LogP contribution >= 0.6 is 0 Å². The van der Waals surface area contributed by atoms with Gasteiger partial charge in [0.25, 0.3) is 5.91 Å². The maximum Gasteiger partial charge on any atom is 0.255 e. The quantitative estimate of drug-likeness (QED) is 0.884. The topological polar surface area (TPSA) is 73.7 Å². The van der Waals surface area contributed by atoms with Crippen LogP contribution < -0.4 is 0 Å². The average molecular weight is 316 g/mol. The number of aliphatic hydroxyl groups is 2. The number of carbonyl (C=O) groups excluding carboxylic acids is 1. The Bertz CT molecular complexity index is 724. The highest BCUT2D eigenvalue weighted by Crippen LogP contribution is 2.21. The molecule has 1 amide bonds. The minimum atomic E-state index is -0.723. The number of amides is 1. The molecule has 0 aliphatic rings. The van der Waals surface area contributed by atoms with E-state index in [1.807, 2.05) is 38.1 Å². The predicted octanol–water partition coefficient (Wildman–Crippen LogP) is 1.91. The predicted molar refractivity (Wildman–Crippen MR) is 90.5 cm³/mol. The molecule has 0 fully saturated rings. The summed E-state index contributed by atoms with van der Waals surface area (Å²) in [5, 5.41) is 19.7. The van der Waals surface area contributed by atoms with Crippen molar-refractivity contribution in [3.8, 4) is 0 Å². The molecule has 0 radical (unpaired) electrons. The van der Waals surface area contributed by atoms with Crippen LogP contribution in [0.15, 0.2) is 24.3 Å². The zero-order valence-corrected chi connectivity index (χ0v) is 14.1. The third kappa shape index (κ3) is 3.68. The fourth-order valence-corrected chi connectivity index (χ4v) is 2.59. The molecule has 5 nitrogen and oxygen atoms in total. The van der Waals surface area contributed by atoms with E-state index in [0.29, 0.717) is 11.3 Å². The number of hydrogen-bond acceptors (Lipinski definition) is 4. The number of carbonyl (C=O) groups is 1. The smallest absolute Gasteiger partial charge is 0.255 e. The molecule has 124 valence electrons. The molecule has 23 heavy (non-hydrogen) atoms. The van der Waals surface area contributed by atoms with Crippen molar-refractivity contribution < 1.29 is 15.0 Å². The van der Waals surface area contributed by atoms with Gasteiger partial charge < -0.3 is 15.1 Å². The average Bonchev–Trinajstić information content (AvgIpc) is 2.53. The maximum absolute atomic E-state index is 12.7. The van der Waals surface area contributed by atoms with Crippen molar-refractivity contribution in [2.45, 2.75) is 20.8 Å². The highest BCUT2D eigenvalue weighted by molar-refractivity contribution is 5.98. The van der Waals surface area contributed by atoms with E-state index in [0.717, 1.165) is 16.5 Å². The maximum atomic E-state index is 12.7. The van der Waals surface area contributed by atoms with E-state index in [9.17, 15) is 15.0 Å². The van der Waals surface area contributed by atoms with Crippen molar-refractivity contribution in [1.29, 1.82) is 0 Å². The second kappa shape index (κ2) is 6.64. The van der Waals surface area contributed by atoms with E-state index in [4.69, 9.17) is 0 Å². The van der Waals surface area contributed by atoms with Gasteiger partial charge in [-0.1, -0.05) is 19.1 Å². The van der Waals surface area contributed by atoms with Crippen LogP contribution in [0.4, 0.5) is 0 Å². The number of aryl methyl sites for hydroxylation is 2. The Balaban J connectivity index is 2.33. The fourth-order valence-electron chi connectivity index (χ4n) is 2.59. The molecular weight excluding hydrogens is 292 g/mol. The van der Waals surface area contributed by atoms with Gasteiger partial charge in [0, 0.05) is 24.4 Å². The summed E-state index contributed by atoms with van der Waals surface area (Å²) in [6, 6.07) is 7.80. The van der Waals surface area contributed by atoms with Gasteiger partial charge >= 0.3 is 0 Å². The third-order valence-corrected chi connectivity index (χ3v) is 4.12. The largest absolute Gasteiger partial charge is 0.396 e. The second-order valence-electron chi connectivity index (χ2n) is 6.61. The van der Waals surface area contributed by atoms with Crippen molar-refractivity contribution in [2.75, 3.05) is 26.8 Å². The van der Waals surface area contributed by atoms with Crippen LogP contribution in [-0.4, -0.2) is 52.8 Å². The lowest BCUT2D eigenvalue weighted by Crippen LogP contribution is -2.41. The summed E-state index contributed by atoms with van der Waals surface area (Å²) in [7, 11) is 1.67. The first kappa shape index (κ1) is 17.4. The SMILES string of the molecule is Cc1ccc2cc(C(=O)N(C)CC(C)(CO)CO)c(C)nc2c1. The normalized spacial score (nSPS) is 11.7. The summed E-state index contributed by atoms with van der Waals surface area (Å²) in [4.78, 5) is 18.8. The number of aromatic nitrogens is 1. The van der Waals surface area contributed by atoms with Crippen LogP contribution in [0.1, 0.15) is 28.5 Å². The molecule has 2 aromatic rings. The minimum Gasteiger partial charge on any atom is -0.396 e. The van der Waals surface area contributed by atoms with Gasteiger partial charge in [-0.05, 0) is 31.5 Å². The van der Waals surface area contributed by atoms with Crippen molar-refractivity contribution in [1.82, 2.24) is 9.88 Å². The Morgan fingerprint density at radius 3 is 2.48 bits per heavy atom. The number of benzene rings is 1. The molecule has 0 unspecified atom stereocenters. The number of hydrogen-bond donors (Lipinski definition) is 2. The molecule has 2 rings (SSSR count). The Hall–Kier alpha value is -1.98. The molecule has 0 spiro atoms. The molecule has 1 heterocycles. The lowest BCUT2D eigenvalue weighted by Gasteiger charge is -2.30. The van der Waals surface area contributed by atoms with Crippen LogP contribution in [-0.2, 0) is 0 Å². The highest BCUT2D eigenvalue weighted by Gasteiger charge is 2.27. The molecule has 0 atom stereocenters. The number of aliphatic hydroxyl groups excluding tert-OH is 2. The number of nitrogens with zero attached hydrogens (tertiary/aromatic N) is 2. The lowest BCUT2D eigenvalue weighted by atomic mass is 9.92. The van der Waals surface area contributed by atoms with E-state index in [1.165, 1.54) is 4.90 Å². The number of rotatable bonds is 5. The van der Waals surface area contributed by atoms with Crippen molar-refractivity contribution >= 4 is 16.8 Å². The molecule has 0 saturated heterocycles. The summed E-state index contributed by atoms with van der Waals surface area (Å²) in [6.07, 6.45) is 0. The third-order valence-electron chi connectivity index (χ3n) is 4.12. The number of fused-ring (bicyclic) bond motifs is 1. The van der Waals surface area contributed by atoms with E-state index in [-0.39, 0.29) is 25.7 Å². The monoisotopic (exact) mass is 316 g/mol. The van der Waals surface area contributed by atoms with Gasteiger partial charge in [0.2, 0.25) is 0 Å². The summed E-state index contributed by atoms with van der Waals surface area (Å²) in [5.41, 5.74) is 2.50. The van der Waals surface area contributed by atoms with Crippen LogP contribution in [0.5, 0.6) is 0 Å². The van der Waals surface area contributed by atoms with Gasteiger partial charge in [0.05, 0.1) is 30.0 Å². The summed E-state index contributed by atoms with van der Waals surface area (Å²) >= 11 is 0. The van der Waals surface area contributed by atoms with Gasteiger partial charge in [0.1, 0.15) is 0 Å². The molecular formula is C18H24N2O3.